The van der Waals surface area contributed by atoms with E-state index in [0.717, 1.165) is 16.5 Å². The molecule has 16 heavy (non-hydrogen) atoms. The highest BCUT2D eigenvalue weighted by molar-refractivity contribution is 5.94. The van der Waals surface area contributed by atoms with Gasteiger partial charge in [-0.15, -0.1) is 0 Å². The number of benzene rings is 1. The minimum absolute atomic E-state index is 0.477. The minimum Gasteiger partial charge on any atom is -0.443 e. The van der Waals surface area contributed by atoms with E-state index in [-0.39, 0.29) is 0 Å². The van der Waals surface area contributed by atoms with Gasteiger partial charge in [0.05, 0.1) is 11.7 Å². The van der Waals surface area contributed by atoms with Crippen molar-refractivity contribution in [2.75, 3.05) is 5.73 Å². The molecule has 0 spiro atoms. The van der Waals surface area contributed by atoms with Gasteiger partial charge in [-0.1, -0.05) is 18.2 Å². The Morgan fingerprint density at radius 1 is 1.19 bits per heavy atom. The Morgan fingerprint density at radius 2 is 2.06 bits per heavy atom. The fourth-order valence-electron chi connectivity index (χ4n) is 1.75. The molecule has 0 radical (unpaired) electrons. The van der Waals surface area contributed by atoms with Gasteiger partial charge in [-0.25, -0.2) is 9.97 Å². The topological polar surface area (TPSA) is 64.9 Å². The molecule has 2 aromatic heterocycles. The molecule has 78 valence electrons. The number of rotatable bonds is 1. The van der Waals surface area contributed by atoms with E-state index in [9.17, 15) is 0 Å². The van der Waals surface area contributed by atoms with Crippen molar-refractivity contribution in [1.29, 1.82) is 0 Å². The number of fused-ring (bicyclic) bond motifs is 1. The van der Waals surface area contributed by atoms with Gasteiger partial charge in [-0.05, 0) is 12.1 Å². The van der Waals surface area contributed by atoms with Crippen molar-refractivity contribution >= 4 is 16.7 Å². The van der Waals surface area contributed by atoms with Gasteiger partial charge in [0.2, 0.25) is 0 Å². The summed E-state index contributed by atoms with van der Waals surface area (Å²) in [5.41, 5.74) is 7.53. The van der Waals surface area contributed by atoms with Gasteiger partial charge in [0.25, 0.3) is 0 Å². The zero-order valence-electron chi connectivity index (χ0n) is 8.42. The molecular weight excluding hydrogens is 202 g/mol. The Kier molecular flexibility index (Phi) is 1.86. The highest BCUT2D eigenvalue weighted by atomic mass is 16.3. The first-order valence-corrected chi connectivity index (χ1v) is 4.89. The van der Waals surface area contributed by atoms with Gasteiger partial charge >= 0.3 is 0 Å². The Hall–Kier alpha value is -2.36. The molecule has 0 bridgehead atoms. The van der Waals surface area contributed by atoms with Crippen molar-refractivity contribution in [3.8, 4) is 11.3 Å². The summed E-state index contributed by atoms with van der Waals surface area (Å²) in [4.78, 5) is 8.17. The van der Waals surface area contributed by atoms with Gasteiger partial charge in [0.15, 0.2) is 12.2 Å². The van der Waals surface area contributed by atoms with Crippen LogP contribution in [0.4, 0.5) is 5.82 Å². The van der Waals surface area contributed by atoms with Gasteiger partial charge in [-0.2, -0.15) is 0 Å². The van der Waals surface area contributed by atoms with Crippen LogP contribution in [0.5, 0.6) is 0 Å². The summed E-state index contributed by atoms with van der Waals surface area (Å²) in [6.07, 6.45) is 3.07. The number of nitrogen functional groups attached to an aromatic ring is 1. The molecule has 2 heterocycles. The molecule has 1 aromatic carbocycles. The lowest BCUT2D eigenvalue weighted by Gasteiger charge is -2.04. The van der Waals surface area contributed by atoms with E-state index in [1.54, 1.807) is 12.3 Å². The molecule has 0 atom stereocenters. The predicted octanol–water partition coefficient (Wildman–Crippen LogP) is 2.47. The Morgan fingerprint density at radius 3 is 2.88 bits per heavy atom. The van der Waals surface area contributed by atoms with Crippen molar-refractivity contribution < 1.29 is 4.42 Å². The van der Waals surface area contributed by atoms with Gasteiger partial charge in [0, 0.05) is 10.9 Å². The molecule has 3 rings (SSSR count). The second kappa shape index (κ2) is 3.34. The van der Waals surface area contributed by atoms with Crippen molar-refractivity contribution in [3.63, 3.8) is 0 Å². The van der Waals surface area contributed by atoms with Crippen LogP contribution in [0.1, 0.15) is 0 Å². The van der Waals surface area contributed by atoms with E-state index in [2.05, 4.69) is 9.97 Å². The zero-order chi connectivity index (χ0) is 11.0. The maximum absolute atomic E-state index is 5.76. The normalized spacial score (nSPS) is 10.8. The standard InChI is InChI=1S/C12H9N3O/c13-12-5-9(11-6-14-7-16-11)8-3-1-2-4-10(8)15-12/h1-7H,(H2,13,15). The molecule has 0 aliphatic carbocycles. The third-order valence-corrected chi connectivity index (χ3v) is 2.43. The molecular formula is C12H9N3O. The number of anilines is 1. The van der Waals surface area contributed by atoms with E-state index in [1.807, 2.05) is 24.3 Å². The van der Waals surface area contributed by atoms with Gasteiger partial charge < -0.3 is 10.2 Å². The molecule has 4 heteroatoms. The first-order valence-electron chi connectivity index (χ1n) is 4.89. The number of nitrogens with two attached hydrogens (primary N) is 1. The number of pyridine rings is 1. The number of oxazole rings is 1. The van der Waals surface area contributed by atoms with Crippen LogP contribution in [0.25, 0.3) is 22.2 Å². The van der Waals surface area contributed by atoms with Crippen LogP contribution in [-0.4, -0.2) is 9.97 Å². The Labute approximate surface area is 91.7 Å². The number of nitrogens with zero attached hydrogens (tertiary/aromatic N) is 2. The van der Waals surface area contributed by atoms with E-state index in [1.165, 1.54) is 6.39 Å². The first kappa shape index (κ1) is 8.91. The summed E-state index contributed by atoms with van der Waals surface area (Å²) in [6.45, 7) is 0. The second-order valence-corrected chi connectivity index (χ2v) is 3.48. The highest BCUT2D eigenvalue weighted by Gasteiger charge is 2.08. The van der Waals surface area contributed by atoms with Crippen LogP contribution in [0.2, 0.25) is 0 Å². The zero-order valence-corrected chi connectivity index (χ0v) is 8.42. The van der Waals surface area contributed by atoms with Crippen LogP contribution in [-0.2, 0) is 0 Å². The lowest BCUT2D eigenvalue weighted by atomic mass is 10.1. The summed E-state index contributed by atoms with van der Waals surface area (Å²) in [5.74, 6) is 1.18. The molecule has 0 amide bonds. The van der Waals surface area contributed by atoms with Gasteiger partial charge in [0.1, 0.15) is 5.82 Å². The average Bonchev–Trinajstić information content (AvgIpc) is 2.81. The van der Waals surface area contributed by atoms with Crippen LogP contribution in [0, 0.1) is 0 Å². The molecule has 2 N–H and O–H groups in total. The summed E-state index contributed by atoms with van der Waals surface area (Å²) < 4.78 is 5.29. The van der Waals surface area contributed by atoms with E-state index < -0.39 is 0 Å². The largest absolute Gasteiger partial charge is 0.443 e. The van der Waals surface area contributed by atoms with E-state index in [0.29, 0.717) is 11.6 Å². The lowest BCUT2D eigenvalue weighted by molar-refractivity contribution is 0.572. The molecule has 0 aliphatic heterocycles. The van der Waals surface area contributed by atoms with Crippen LogP contribution >= 0.6 is 0 Å². The van der Waals surface area contributed by atoms with E-state index >= 15 is 0 Å². The second-order valence-electron chi connectivity index (χ2n) is 3.48. The third kappa shape index (κ3) is 1.32. The maximum Gasteiger partial charge on any atom is 0.181 e. The molecule has 0 saturated carbocycles. The Bertz CT molecular complexity index is 632. The molecule has 4 nitrogen and oxygen atoms in total. The molecule has 0 saturated heterocycles. The van der Waals surface area contributed by atoms with Crippen LogP contribution in [0.15, 0.2) is 47.3 Å². The summed E-state index contributed by atoms with van der Waals surface area (Å²) >= 11 is 0. The van der Waals surface area contributed by atoms with Crippen molar-refractivity contribution in [3.05, 3.63) is 42.9 Å². The monoisotopic (exact) mass is 211 g/mol. The maximum atomic E-state index is 5.76. The molecule has 3 aromatic rings. The first-order chi connectivity index (χ1) is 7.84. The third-order valence-electron chi connectivity index (χ3n) is 2.43. The van der Waals surface area contributed by atoms with Crippen molar-refractivity contribution in [2.45, 2.75) is 0 Å². The summed E-state index contributed by atoms with van der Waals surface area (Å²) in [5, 5.41) is 1.01. The van der Waals surface area contributed by atoms with E-state index in [4.69, 9.17) is 10.2 Å². The quantitative estimate of drug-likeness (QED) is 0.671. The summed E-state index contributed by atoms with van der Waals surface area (Å²) in [7, 11) is 0. The van der Waals surface area contributed by atoms with Crippen molar-refractivity contribution in [2.24, 2.45) is 0 Å². The molecule has 0 aliphatic rings. The van der Waals surface area contributed by atoms with Gasteiger partial charge in [-0.3, -0.25) is 0 Å². The SMILES string of the molecule is Nc1cc(-c2cnco2)c2ccccc2n1. The Balaban J connectivity index is 2.39. The minimum atomic E-state index is 0.477. The lowest BCUT2D eigenvalue weighted by Crippen LogP contribution is -1.92. The van der Waals surface area contributed by atoms with Crippen molar-refractivity contribution in [1.82, 2.24) is 9.97 Å². The highest BCUT2D eigenvalue weighted by Crippen LogP contribution is 2.28. The number of hydrogen-bond acceptors (Lipinski definition) is 4. The fraction of sp³-hybridized carbons (Fsp3) is 0. The number of para-hydroxylation sites is 1. The number of aromatic nitrogens is 2. The average molecular weight is 211 g/mol. The molecule has 0 fully saturated rings. The smallest absolute Gasteiger partial charge is 0.181 e. The number of hydrogen-bond donors (Lipinski definition) is 1. The summed E-state index contributed by atoms with van der Waals surface area (Å²) in [6, 6.07) is 9.59. The van der Waals surface area contributed by atoms with Crippen LogP contribution < -0.4 is 5.73 Å². The molecule has 0 unspecified atom stereocenters. The predicted molar refractivity (Wildman–Crippen MR) is 61.7 cm³/mol. The fourth-order valence-corrected chi connectivity index (χ4v) is 1.75. The van der Waals surface area contributed by atoms with Crippen LogP contribution in [0.3, 0.4) is 0 Å².